The number of hydrogen-bond donors (Lipinski definition) is 0. The van der Waals surface area contributed by atoms with Crippen molar-refractivity contribution in [1.29, 1.82) is 0 Å². The number of hydrogen-bond acceptors (Lipinski definition) is 2. The Kier molecular flexibility index (Phi) is 3.71. The number of rotatable bonds is 2. The Bertz CT molecular complexity index is 327. The zero-order chi connectivity index (χ0) is 10.8. The third-order valence-electron chi connectivity index (χ3n) is 1.36. The first-order valence-electron chi connectivity index (χ1n) is 3.51. The van der Waals surface area contributed by atoms with Gasteiger partial charge >= 0.3 is 6.36 Å². The summed E-state index contributed by atoms with van der Waals surface area (Å²) in [5.74, 6) is -0.220. The van der Waals surface area contributed by atoms with Crippen LogP contribution in [0.15, 0.2) is 27.6 Å². The maximum absolute atomic E-state index is 11.8. The Hall–Kier alpha value is -0.360. The van der Waals surface area contributed by atoms with Crippen LogP contribution >= 0.6 is 27.7 Å². The first-order valence-corrected chi connectivity index (χ1v) is 5.53. The van der Waals surface area contributed by atoms with Crippen molar-refractivity contribution in [3.63, 3.8) is 0 Å². The summed E-state index contributed by atoms with van der Waals surface area (Å²) in [4.78, 5) is 0.861. The molecule has 6 heteroatoms. The predicted octanol–water partition coefficient (Wildman–Crippen LogP) is 4.07. The molecule has 78 valence electrons. The monoisotopic (exact) mass is 286 g/mol. The van der Waals surface area contributed by atoms with Crippen LogP contribution in [0, 0.1) is 0 Å². The second-order valence-corrected chi connectivity index (χ2v) is 4.05. The molecule has 0 fully saturated rings. The van der Waals surface area contributed by atoms with Gasteiger partial charge in [-0.2, -0.15) is 0 Å². The highest BCUT2D eigenvalue weighted by Crippen LogP contribution is 2.31. The van der Waals surface area contributed by atoms with Crippen LogP contribution in [-0.4, -0.2) is 12.6 Å². The minimum absolute atomic E-state index is 0.220. The molecule has 0 unspecified atom stereocenters. The van der Waals surface area contributed by atoms with Gasteiger partial charge in [0.05, 0.1) is 0 Å². The van der Waals surface area contributed by atoms with Gasteiger partial charge in [0, 0.05) is 9.37 Å². The lowest BCUT2D eigenvalue weighted by molar-refractivity contribution is -0.274. The van der Waals surface area contributed by atoms with Gasteiger partial charge in [0.2, 0.25) is 0 Å². The molecule has 0 aromatic heterocycles. The van der Waals surface area contributed by atoms with E-state index in [1.165, 1.54) is 23.9 Å². The van der Waals surface area contributed by atoms with Crippen molar-refractivity contribution in [1.82, 2.24) is 0 Å². The molecule has 0 aliphatic carbocycles. The molecule has 0 radical (unpaired) electrons. The maximum Gasteiger partial charge on any atom is 0.573 e. The molecular weight excluding hydrogens is 281 g/mol. The van der Waals surface area contributed by atoms with Gasteiger partial charge in [-0.25, -0.2) is 0 Å². The van der Waals surface area contributed by atoms with Crippen LogP contribution in [0.5, 0.6) is 5.75 Å². The lowest BCUT2D eigenvalue weighted by Gasteiger charge is -2.09. The Morgan fingerprint density at radius 3 is 2.43 bits per heavy atom. The van der Waals surface area contributed by atoms with Gasteiger partial charge in [-0.3, -0.25) is 0 Å². The highest BCUT2D eigenvalue weighted by molar-refractivity contribution is 9.10. The van der Waals surface area contributed by atoms with Crippen molar-refractivity contribution in [2.75, 3.05) is 6.26 Å². The van der Waals surface area contributed by atoms with Crippen molar-refractivity contribution in [3.05, 3.63) is 22.7 Å². The normalized spacial score (nSPS) is 11.5. The number of benzene rings is 1. The average Bonchev–Trinajstić information content (AvgIpc) is 2.01. The van der Waals surface area contributed by atoms with Gasteiger partial charge in [0.15, 0.2) is 0 Å². The third-order valence-corrected chi connectivity index (χ3v) is 3.07. The maximum atomic E-state index is 11.8. The van der Waals surface area contributed by atoms with Crippen molar-refractivity contribution in [2.24, 2.45) is 0 Å². The van der Waals surface area contributed by atoms with Crippen molar-refractivity contribution in [2.45, 2.75) is 11.3 Å². The summed E-state index contributed by atoms with van der Waals surface area (Å²) >= 11 is 4.59. The highest BCUT2D eigenvalue weighted by atomic mass is 79.9. The van der Waals surface area contributed by atoms with E-state index in [1.807, 2.05) is 6.26 Å². The van der Waals surface area contributed by atoms with Gasteiger partial charge in [-0.05, 0) is 40.4 Å². The fraction of sp³-hybridized carbons (Fsp3) is 0.250. The van der Waals surface area contributed by atoms with Crippen LogP contribution in [0.3, 0.4) is 0 Å². The molecule has 0 aliphatic rings. The van der Waals surface area contributed by atoms with E-state index in [9.17, 15) is 13.2 Å². The number of halogens is 4. The molecule has 0 aliphatic heterocycles. The summed E-state index contributed by atoms with van der Waals surface area (Å²) in [6, 6.07) is 4.14. The first-order chi connectivity index (χ1) is 6.42. The van der Waals surface area contributed by atoms with Crippen LogP contribution in [0.2, 0.25) is 0 Å². The van der Waals surface area contributed by atoms with Crippen molar-refractivity contribution in [3.8, 4) is 5.75 Å². The van der Waals surface area contributed by atoms with Crippen LogP contribution in [0.25, 0.3) is 0 Å². The van der Waals surface area contributed by atoms with Crippen LogP contribution in [0.4, 0.5) is 13.2 Å². The Morgan fingerprint density at radius 2 is 2.00 bits per heavy atom. The van der Waals surface area contributed by atoms with Crippen LogP contribution in [0.1, 0.15) is 0 Å². The highest BCUT2D eigenvalue weighted by Gasteiger charge is 2.31. The van der Waals surface area contributed by atoms with E-state index in [1.54, 1.807) is 6.07 Å². The van der Waals surface area contributed by atoms with Gasteiger partial charge < -0.3 is 4.74 Å². The van der Waals surface area contributed by atoms with Gasteiger partial charge in [-0.15, -0.1) is 24.9 Å². The van der Waals surface area contributed by atoms with Gasteiger partial charge in [0.25, 0.3) is 0 Å². The fourth-order valence-corrected chi connectivity index (χ4v) is 2.15. The number of alkyl halides is 3. The second kappa shape index (κ2) is 4.44. The molecule has 1 nitrogen and oxygen atoms in total. The van der Waals surface area contributed by atoms with Gasteiger partial charge in [-0.1, -0.05) is 0 Å². The van der Waals surface area contributed by atoms with Crippen molar-refractivity contribution < 1.29 is 17.9 Å². The molecule has 0 spiro atoms. The summed E-state index contributed by atoms with van der Waals surface area (Å²) in [5, 5.41) is 0. The molecular formula is C8H6BrF3OS. The molecule has 0 bridgehead atoms. The first kappa shape index (κ1) is 11.7. The molecule has 0 amide bonds. The number of ether oxygens (including phenoxy) is 1. The van der Waals surface area contributed by atoms with E-state index in [0.29, 0.717) is 4.47 Å². The molecule has 1 rings (SSSR count). The second-order valence-electron chi connectivity index (χ2n) is 2.34. The third kappa shape index (κ3) is 3.42. The summed E-state index contributed by atoms with van der Waals surface area (Å²) < 4.78 is 39.8. The topological polar surface area (TPSA) is 9.23 Å². The van der Waals surface area contributed by atoms with E-state index in [-0.39, 0.29) is 5.75 Å². The lowest BCUT2D eigenvalue weighted by atomic mass is 10.3. The van der Waals surface area contributed by atoms with E-state index < -0.39 is 6.36 Å². The molecule has 0 N–H and O–H groups in total. The molecule has 0 saturated carbocycles. The zero-order valence-electron chi connectivity index (χ0n) is 7.06. The minimum Gasteiger partial charge on any atom is -0.406 e. The van der Waals surface area contributed by atoms with E-state index in [4.69, 9.17) is 0 Å². The van der Waals surface area contributed by atoms with E-state index in [2.05, 4.69) is 20.7 Å². The average molecular weight is 287 g/mol. The summed E-state index contributed by atoms with van der Waals surface area (Å²) in [5.41, 5.74) is 0. The SMILES string of the molecule is CSc1ccc(OC(F)(F)F)cc1Br. The molecule has 0 heterocycles. The Morgan fingerprint density at radius 1 is 1.36 bits per heavy atom. The van der Waals surface area contributed by atoms with Crippen molar-refractivity contribution >= 4 is 27.7 Å². The summed E-state index contributed by atoms with van der Waals surface area (Å²) in [7, 11) is 0. The quantitative estimate of drug-likeness (QED) is 0.758. The predicted molar refractivity (Wildman–Crippen MR) is 52.6 cm³/mol. The zero-order valence-corrected chi connectivity index (χ0v) is 9.46. The minimum atomic E-state index is -4.64. The largest absolute Gasteiger partial charge is 0.573 e. The van der Waals surface area contributed by atoms with Crippen LogP contribution < -0.4 is 4.74 Å². The van der Waals surface area contributed by atoms with E-state index in [0.717, 1.165) is 4.90 Å². The van der Waals surface area contributed by atoms with Crippen LogP contribution in [-0.2, 0) is 0 Å². The standard InChI is InChI=1S/C8H6BrF3OS/c1-14-7-3-2-5(4-6(7)9)13-8(10,11)12/h2-4H,1H3. The Balaban J connectivity index is 2.87. The molecule has 14 heavy (non-hydrogen) atoms. The Labute approximate surface area is 91.8 Å². The lowest BCUT2D eigenvalue weighted by Crippen LogP contribution is -2.17. The smallest absolute Gasteiger partial charge is 0.406 e. The molecule has 1 aromatic carbocycles. The van der Waals surface area contributed by atoms with Gasteiger partial charge in [0.1, 0.15) is 5.75 Å². The number of thioether (sulfide) groups is 1. The fourth-order valence-electron chi connectivity index (χ4n) is 0.844. The van der Waals surface area contributed by atoms with E-state index >= 15 is 0 Å². The summed E-state index contributed by atoms with van der Waals surface area (Å²) in [6.45, 7) is 0. The molecule has 0 saturated heterocycles. The molecule has 1 aromatic rings. The molecule has 0 atom stereocenters. The summed E-state index contributed by atoms with van der Waals surface area (Å²) in [6.07, 6.45) is -2.80.